The van der Waals surface area contributed by atoms with Gasteiger partial charge in [-0.3, -0.25) is 0 Å². The average molecular weight is 282 g/mol. The summed E-state index contributed by atoms with van der Waals surface area (Å²) in [5.41, 5.74) is 0.931. The van der Waals surface area contributed by atoms with Gasteiger partial charge in [0, 0.05) is 0 Å². The minimum Gasteiger partial charge on any atom is -0.467 e. The smallest absolute Gasteiger partial charge is 0.330 e. The van der Waals surface area contributed by atoms with Gasteiger partial charge in [-0.2, -0.15) is 11.8 Å². The molecule has 0 aromatic heterocycles. The molecule has 0 N–H and O–H groups in total. The summed E-state index contributed by atoms with van der Waals surface area (Å²) in [5.74, 6) is 0.338. The SMILES string of the molecule is COC(=O)[C@@H](CCSC)N(Cc1ccccc1)N=O. The minimum absolute atomic E-state index is 0.304. The summed E-state index contributed by atoms with van der Waals surface area (Å²) < 4.78 is 4.74. The van der Waals surface area contributed by atoms with E-state index in [1.807, 2.05) is 36.6 Å². The van der Waals surface area contributed by atoms with Crippen LogP contribution in [0.1, 0.15) is 12.0 Å². The van der Waals surface area contributed by atoms with E-state index in [1.165, 1.54) is 12.1 Å². The van der Waals surface area contributed by atoms with Crippen molar-refractivity contribution in [3.05, 3.63) is 40.8 Å². The van der Waals surface area contributed by atoms with Crippen LogP contribution in [0.25, 0.3) is 0 Å². The number of nitroso groups, excluding NO2 is 1. The number of benzene rings is 1. The molecule has 0 radical (unpaired) electrons. The van der Waals surface area contributed by atoms with Crippen molar-refractivity contribution in [2.45, 2.75) is 19.0 Å². The van der Waals surface area contributed by atoms with Gasteiger partial charge in [-0.05, 0) is 24.0 Å². The third kappa shape index (κ3) is 4.90. The number of carbonyl (C=O) groups is 1. The Morgan fingerprint density at radius 2 is 2.11 bits per heavy atom. The molecule has 0 spiro atoms. The van der Waals surface area contributed by atoms with Gasteiger partial charge in [0.2, 0.25) is 0 Å². The number of methoxy groups -OCH3 is 1. The third-order valence-corrected chi connectivity index (χ3v) is 3.36. The topological polar surface area (TPSA) is 59.0 Å². The van der Waals surface area contributed by atoms with Crippen molar-refractivity contribution < 1.29 is 9.53 Å². The Labute approximate surface area is 117 Å². The van der Waals surface area contributed by atoms with Crippen LogP contribution in [0.15, 0.2) is 35.6 Å². The van der Waals surface area contributed by atoms with Crippen LogP contribution >= 0.6 is 11.8 Å². The van der Waals surface area contributed by atoms with E-state index in [-0.39, 0.29) is 0 Å². The summed E-state index contributed by atoms with van der Waals surface area (Å²) in [6.07, 6.45) is 2.48. The molecule has 0 heterocycles. The maximum atomic E-state index is 11.7. The lowest BCUT2D eigenvalue weighted by Gasteiger charge is -2.24. The van der Waals surface area contributed by atoms with E-state index < -0.39 is 12.0 Å². The summed E-state index contributed by atoms with van der Waals surface area (Å²) >= 11 is 1.61. The largest absolute Gasteiger partial charge is 0.467 e. The van der Waals surface area contributed by atoms with Crippen LogP contribution in [0.5, 0.6) is 0 Å². The van der Waals surface area contributed by atoms with Crippen molar-refractivity contribution in [3.63, 3.8) is 0 Å². The van der Waals surface area contributed by atoms with Gasteiger partial charge < -0.3 is 4.74 Å². The molecule has 0 aliphatic rings. The van der Waals surface area contributed by atoms with Crippen LogP contribution in [0.3, 0.4) is 0 Å². The van der Waals surface area contributed by atoms with Crippen molar-refractivity contribution in [3.8, 4) is 0 Å². The second-order valence-corrected chi connectivity index (χ2v) is 4.97. The first kappa shape index (κ1) is 15.5. The molecule has 104 valence electrons. The van der Waals surface area contributed by atoms with Crippen molar-refractivity contribution in [2.75, 3.05) is 19.1 Å². The molecule has 6 heteroatoms. The van der Waals surface area contributed by atoms with E-state index in [4.69, 9.17) is 4.74 Å². The second-order valence-electron chi connectivity index (χ2n) is 3.99. The quantitative estimate of drug-likeness (QED) is 0.416. The van der Waals surface area contributed by atoms with Crippen LogP contribution in [-0.2, 0) is 16.1 Å². The van der Waals surface area contributed by atoms with E-state index in [0.29, 0.717) is 13.0 Å². The lowest BCUT2D eigenvalue weighted by atomic mass is 10.1. The third-order valence-electron chi connectivity index (χ3n) is 2.72. The summed E-state index contributed by atoms with van der Waals surface area (Å²) in [6, 6.07) is 8.81. The first-order valence-electron chi connectivity index (χ1n) is 5.93. The van der Waals surface area contributed by atoms with Gasteiger partial charge in [0.1, 0.15) is 6.04 Å². The normalized spacial score (nSPS) is 11.7. The highest BCUT2D eigenvalue weighted by atomic mass is 32.2. The van der Waals surface area contributed by atoms with E-state index in [2.05, 4.69) is 5.29 Å². The molecule has 1 aromatic rings. The number of rotatable bonds is 8. The van der Waals surface area contributed by atoms with Crippen LogP contribution in [0, 0.1) is 4.91 Å². The molecule has 5 nitrogen and oxygen atoms in total. The Morgan fingerprint density at radius 3 is 2.63 bits per heavy atom. The van der Waals surface area contributed by atoms with E-state index in [1.54, 1.807) is 11.8 Å². The average Bonchev–Trinajstić information content (AvgIpc) is 2.46. The summed E-state index contributed by atoms with van der Waals surface area (Å²) in [7, 11) is 1.32. The number of esters is 1. The number of carbonyl (C=O) groups excluding carboxylic acids is 1. The lowest BCUT2D eigenvalue weighted by Crippen LogP contribution is -2.38. The molecule has 1 atom stereocenters. The molecule has 0 amide bonds. The molecule has 0 unspecified atom stereocenters. The summed E-state index contributed by atoms with van der Waals surface area (Å²) in [4.78, 5) is 22.7. The molecular weight excluding hydrogens is 264 g/mol. The van der Waals surface area contributed by atoms with Gasteiger partial charge in [-0.1, -0.05) is 30.3 Å². The molecule has 0 fully saturated rings. The van der Waals surface area contributed by atoms with Gasteiger partial charge in [0.05, 0.1) is 18.9 Å². The van der Waals surface area contributed by atoms with E-state index >= 15 is 0 Å². The van der Waals surface area contributed by atoms with Crippen molar-refractivity contribution in [1.29, 1.82) is 0 Å². The first-order chi connectivity index (χ1) is 9.22. The van der Waals surface area contributed by atoms with Crippen LogP contribution in [0.4, 0.5) is 0 Å². The number of nitrogens with zero attached hydrogens (tertiary/aromatic N) is 2. The Kier molecular flexibility index (Phi) is 6.95. The van der Waals surface area contributed by atoms with Crippen LogP contribution in [-0.4, -0.2) is 36.1 Å². The lowest BCUT2D eigenvalue weighted by molar-refractivity contribution is -0.147. The maximum absolute atomic E-state index is 11.7. The predicted molar refractivity (Wildman–Crippen MR) is 76.6 cm³/mol. The summed E-state index contributed by atoms with van der Waals surface area (Å²) in [5, 5.41) is 4.23. The molecule has 0 aliphatic carbocycles. The van der Waals surface area contributed by atoms with Crippen molar-refractivity contribution in [1.82, 2.24) is 5.01 Å². The molecule has 0 saturated heterocycles. The van der Waals surface area contributed by atoms with E-state index in [9.17, 15) is 9.70 Å². The predicted octanol–water partition coefficient (Wildman–Crippen LogP) is 2.46. The fourth-order valence-corrected chi connectivity index (χ4v) is 2.18. The zero-order valence-electron chi connectivity index (χ0n) is 11.1. The number of thioether (sulfide) groups is 1. The van der Waals surface area contributed by atoms with Crippen molar-refractivity contribution in [2.24, 2.45) is 5.29 Å². The summed E-state index contributed by atoms with van der Waals surface area (Å²) in [6.45, 7) is 0.304. The number of ether oxygens (including phenoxy) is 1. The fourth-order valence-electron chi connectivity index (χ4n) is 1.72. The van der Waals surface area contributed by atoms with Gasteiger partial charge in [0.15, 0.2) is 0 Å². The van der Waals surface area contributed by atoms with E-state index in [0.717, 1.165) is 11.3 Å². The van der Waals surface area contributed by atoms with Crippen LogP contribution < -0.4 is 0 Å². The maximum Gasteiger partial charge on any atom is 0.330 e. The molecule has 0 bridgehead atoms. The second kappa shape index (κ2) is 8.53. The first-order valence-corrected chi connectivity index (χ1v) is 7.33. The molecular formula is C13H18N2O3S. The molecule has 0 saturated carbocycles. The molecule has 1 aromatic carbocycles. The Morgan fingerprint density at radius 1 is 1.42 bits per heavy atom. The Hall–Kier alpha value is -1.56. The highest BCUT2D eigenvalue weighted by Crippen LogP contribution is 2.14. The monoisotopic (exact) mass is 282 g/mol. The zero-order chi connectivity index (χ0) is 14.1. The fraction of sp³-hybridized carbons (Fsp3) is 0.462. The minimum atomic E-state index is -0.629. The van der Waals surface area contributed by atoms with Crippen molar-refractivity contribution >= 4 is 17.7 Å². The standard InChI is InChI=1S/C13H18N2O3S/c1-18-13(16)12(8-9-19-2)15(14-17)10-11-6-4-3-5-7-11/h3-7,12H,8-10H2,1-2H3/t12-/m1/s1. The Bertz CT molecular complexity index is 400. The number of hydrogen-bond acceptors (Lipinski definition) is 5. The van der Waals surface area contributed by atoms with Gasteiger partial charge in [-0.25, -0.2) is 9.80 Å². The number of hydrogen-bond donors (Lipinski definition) is 0. The zero-order valence-corrected chi connectivity index (χ0v) is 11.9. The molecule has 1 rings (SSSR count). The van der Waals surface area contributed by atoms with Crippen LogP contribution in [0.2, 0.25) is 0 Å². The highest BCUT2D eigenvalue weighted by molar-refractivity contribution is 7.98. The van der Waals surface area contributed by atoms with Gasteiger partial charge in [-0.15, -0.1) is 4.91 Å². The molecule has 19 heavy (non-hydrogen) atoms. The molecule has 0 aliphatic heterocycles. The van der Waals surface area contributed by atoms with Gasteiger partial charge in [0.25, 0.3) is 0 Å². The Balaban J connectivity index is 2.77. The van der Waals surface area contributed by atoms with Gasteiger partial charge >= 0.3 is 5.97 Å². The highest BCUT2D eigenvalue weighted by Gasteiger charge is 2.26.